The largest absolute Gasteiger partial charge is 0.494 e. The summed E-state index contributed by atoms with van der Waals surface area (Å²) >= 11 is 0. The first kappa shape index (κ1) is 25.7. The Hall–Kier alpha value is -3.57. The van der Waals surface area contributed by atoms with Gasteiger partial charge in [0.05, 0.1) is 0 Å². The molecule has 0 spiro atoms. The van der Waals surface area contributed by atoms with E-state index in [1.807, 2.05) is 18.2 Å². The molecule has 2 heterocycles. The van der Waals surface area contributed by atoms with Gasteiger partial charge in [0.25, 0.3) is 0 Å². The van der Waals surface area contributed by atoms with Crippen molar-refractivity contribution in [3.63, 3.8) is 0 Å². The summed E-state index contributed by atoms with van der Waals surface area (Å²) in [4.78, 5) is 16.4. The van der Waals surface area contributed by atoms with Crippen LogP contribution in [0.3, 0.4) is 0 Å². The second kappa shape index (κ2) is 10.9. The highest BCUT2D eigenvalue weighted by molar-refractivity contribution is 6.00. The molecule has 0 atom stereocenters. The van der Waals surface area contributed by atoms with Gasteiger partial charge in [0, 0.05) is 42.6 Å². The number of likely N-dealkylation sites (tertiary alicyclic amines) is 1. The van der Waals surface area contributed by atoms with E-state index in [1.54, 1.807) is 0 Å². The Morgan fingerprint density at radius 1 is 0.923 bits per heavy atom. The highest BCUT2D eigenvalue weighted by Crippen LogP contribution is 2.51. The maximum Gasteiger partial charge on any atom is 0.235 e. The Bertz CT molecular complexity index is 1420. The molecular formula is C34H39N3O2. The summed E-state index contributed by atoms with van der Waals surface area (Å²) in [6, 6.07) is 25.4. The molecular weight excluding hydrogens is 482 g/mol. The normalized spacial score (nSPS) is 16.7. The first-order chi connectivity index (χ1) is 19.1. The molecule has 39 heavy (non-hydrogen) atoms. The molecule has 2 aliphatic rings. The van der Waals surface area contributed by atoms with Crippen molar-refractivity contribution in [1.29, 1.82) is 0 Å². The summed E-state index contributed by atoms with van der Waals surface area (Å²) in [5.74, 6) is 0.536. The number of carbonyl (C=O) groups excluding carboxylic acids is 1. The lowest BCUT2D eigenvalue weighted by atomic mass is 9.73. The zero-order chi connectivity index (χ0) is 26.8. The van der Waals surface area contributed by atoms with E-state index < -0.39 is 5.41 Å². The summed E-state index contributed by atoms with van der Waals surface area (Å²) < 4.78 is 2.08. The molecule has 5 nitrogen and oxygen atoms in total. The first-order valence-electron chi connectivity index (χ1n) is 14.6. The highest BCUT2D eigenvalue weighted by atomic mass is 16.3. The van der Waals surface area contributed by atoms with Gasteiger partial charge in [-0.05, 0) is 67.0 Å². The van der Waals surface area contributed by atoms with Crippen LogP contribution in [-0.2, 0) is 10.2 Å². The molecule has 1 amide bonds. The molecule has 1 aliphatic carbocycles. The quantitative estimate of drug-likeness (QED) is 0.243. The van der Waals surface area contributed by atoms with Gasteiger partial charge in [-0.3, -0.25) is 4.79 Å². The molecule has 4 aromatic rings. The fourth-order valence-electron chi connectivity index (χ4n) is 6.93. The summed E-state index contributed by atoms with van der Waals surface area (Å²) in [6.07, 6.45) is 7.99. The predicted octanol–water partition coefficient (Wildman–Crippen LogP) is 6.65. The van der Waals surface area contributed by atoms with Crippen LogP contribution in [0.5, 0.6) is 5.88 Å². The molecule has 2 N–H and O–H groups in total. The Morgan fingerprint density at radius 3 is 2.23 bits per heavy atom. The monoisotopic (exact) mass is 521 g/mol. The number of rotatable bonds is 9. The van der Waals surface area contributed by atoms with Crippen LogP contribution in [0.4, 0.5) is 0 Å². The smallest absolute Gasteiger partial charge is 0.235 e. The predicted molar refractivity (Wildman–Crippen MR) is 158 cm³/mol. The lowest BCUT2D eigenvalue weighted by molar-refractivity contribution is -0.125. The van der Waals surface area contributed by atoms with E-state index in [2.05, 4.69) is 82.5 Å². The van der Waals surface area contributed by atoms with Gasteiger partial charge < -0.3 is 19.9 Å². The number of nitrogens with zero attached hydrogens (tertiary/aromatic N) is 2. The second-order valence-electron chi connectivity index (χ2n) is 11.2. The van der Waals surface area contributed by atoms with Gasteiger partial charge in [0.15, 0.2) is 5.88 Å². The van der Waals surface area contributed by atoms with Crippen molar-refractivity contribution in [3.05, 3.63) is 90.1 Å². The zero-order valence-electron chi connectivity index (χ0n) is 22.9. The van der Waals surface area contributed by atoms with E-state index in [1.165, 1.54) is 11.1 Å². The molecule has 0 bridgehead atoms. The van der Waals surface area contributed by atoms with Crippen LogP contribution < -0.4 is 5.32 Å². The minimum absolute atomic E-state index is 0.140. The molecule has 202 valence electrons. The number of aromatic nitrogens is 1. The van der Waals surface area contributed by atoms with Gasteiger partial charge in [0.2, 0.25) is 5.91 Å². The number of nitrogens with one attached hydrogen (secondary N) is 1. The van der Waals surface area contributed by atoms with E-state index >= 15 is 0 Å². The van der Waals surface area contributed by atoms with Crippen molar-refractivity contribution in [2.75, 3.05) is 26.2 Å². The van der Waals surface area contributed by atoms with Crippen LogP contribution in [-0.4, -0.2) is 46.7 Å². The maximum absolute atomic E-state index is 13.9. The minimum Gasteiger partial charge on any atom is -0.494 e. The number of hydrogen-bond donors (Lipinski definition) is 2. The zero-order valence-corrected chi connectivity index (χ0v) is 22.9. The number of hydrogen-bond acceptors (Lipinski definition) is 3. The second-order valence-corrected chi connectivity index (χ2v) is 11.2. The molecule has 1 aliphatic heterocycles. The average Bonchev–Trinajstić information content (AvgIpc) is 3.47. The topological polar surface area (TPSA) is 57.5 Å². The molecule has 1 saturated heterocycles. The average molecular weight is 522 g/mol. The number of fused-ring (bicyclic) bond motifs is 4. The summed E-state index contributed by atoms with van der Waals surface area (Å²) in [5, 5.41) is 16.1. The number of amides is 1. The fraction of sp³-hybridized carbons (Fsp3) is 0.382. The lowest BCUT2D eigenvalue weighted by Gasteiger charge is -2.34. The van der Waals surface area contributed by atoms with Crippen molar-refractivity contribution in [1.82, 2.24) is 14.8 Å². The van der Waals surface area contributed by atoms with E-state index in [0.29, 0.717) is 18.5 Å². The van der Waals surface area contributed by atoms with Gasteiger partial charge in [-0.15, -0.1) is 0 Å². The van der Waals surface area contributed by atoms with Gasteiger partial charge in [-0.2, -0.15) is 0 Å². The van der Waals surface area contributed by atoms with Crippen LogP contribution in [0.15, 0.2) is 79.0 Å². The van der Waals surface area contributed by atoms with Crippen molar-refractivity contribution in [2.45, 2.75) is 56.9 Å². The van der Waals surface area contributed by atoms with Gasteiger partial charge in [-0.25, -0.2) is 0 Å². The number of benzene rings is 3. The summed E-state index contributed by atoms with van der Waals surface area (Å²) in [7, 11) is 0. The minimum atomic E-state index is -0.622. The molecule has 1 fully saturated rings. The van der Waals surface area contributed by atoms with Crippen LogP contribution in [0.2, 0.25) is 0 Å². The number of piperidine rings is 1. The van der Waals surface area contributed by atoms with Crippen LogP contribution in [0.1, 0.15) is 62.6 Å². The Balaban J connectivity index is 1.11. The Labute approximate surface area is 231 Å². The van der Waals surface area contributed by atoms with Gasteiger partial charge >= 0.3 is 0 Å². The lowest BCUT2D eigenvalue weighted by Crippen LogP contribution is -2.44. The molecule has 6 rings (SSSR count). The van der Waals surface area contributed by atoms with Crippen LogP contribution in [0.25, 0.3) is 21.9 Å². The fourth-order valence-corrected chi connectivity index (χ4v) is 6.93. The molecule has 0 unspecified atom stereocenters. The van der Waals surface area contributed by atoms with Crippen LogP contribution in [0, 0.1) is 0 Å². The SMILES string of the molecule is CCCNC(=O)C1(CCCCN2CCC(n3cc4ccccc4c3O)CC2)c2ccccc2-c2ccccc21. The molecule has 3 aromatic carbocycles. The van der Waals surface area contributed by atoms with E-state index in [9.17, 15) is 9.90 Å². The first-order valence-corrected chi connectivity index (χ1v) is 14.6. The third-order valence-corrected chi connectivity index (χ3v) is 8.94. The van der Waals surface area contributed by atoms with Crippen molar-refractivity contribution < 1.29 is 9.90 Å². The third-order valence-electron chi connectivity index (χ3n) is 8.94. The summed E-state index contributed by atoms with van der Waals surface area (Å²) in [6.45, 7) is 5.92. The van der Waals surface area contributed by atoms with Crippen LogP contribution >= 0.6 is 0 Å². The number of aromatic hydroxyl groups is 1. The highest BCUT2D eigenvalue weighted by Gasteiger charge is 2.48. The van der Waals surface area contributed by atoms with E-state index in [-0.39, 0.29) is 5.91 Å². The summed E-state index contributed by atoms with van der Waals surface area (Å²) in [5.41, 5.74) is 4.08. The van der Waals surface area contributed by atoms with E-state index in [4.69, 9.17) is 0 Å². The molecule has 0 saturated carbocycles. The van der Waals surface area contributed by atoms with Crippen molar-refractivity contribution >= 4 is 16.7 Å². The number of unbranched alkanes of at least 4 members (excludes halogenated alkanes) is 1. The van der Waals surface area contributed by atoms with Gasteiger partial charge in [-0.1, -0.05) is 80.1 Å². The maximum atomic E-state index is 13.9. The third kappa shape index (κ3) is 4.53. The molecule has 0 radical (unpaired) electrons. The molecule has 5 heteroatoms. The Kier molecular flexibility index (Phi) is 7.18. The van der Waals surface area contributed by atoms with Crippen molar-refractivity contribution in [3.8, 4) is 17.0 Å². The number of carbonyl (C=O) groups is 1. The van der Waals surface area contributed by atoms with Gasteiger partial charge in [0.1, 0.15) is 5.41 Å². The van der Waals surface area contributed by atoms with E-state index in [0.717, 1.165) is 80.1 Å². The van der Waals surface area contributed by atoms with Crippen molar-refractivity contribution in [2.24, 2.45) is 0 Å². The Morgan fingerprint density at radius 2 is 1.56 bits per heavy atom. The standard InChI is InChI=1S/C34H39N3O2/c1-2-20-35-33(39)34(30-15-7-5-13-28(30)29-14-6-8-16-31(29)34)19-9-10-21-36-22-17-26(18-23-36)37-24-25-11-3-4-12-27(25)32(37)38/h3-8,11-16,24,26,38H,2,9-10,17-23H2,1H3,(H,35,39). The molecule has 1 aromatic heterocycles.